The Kier molecular flexibility index (Phi) is 3.05. The van der Waals surface area contributed by atoms with E-state index in [-0.39, 0.29) is 0 Å². The van der Waals surface area contributed by atoms with E-state index in [0.29, 0.717) is 6.54 Å². The fraction of sp³-hybridized carbons (Fsp3) is 0.455. The van der Waals surface area contributed by atoms with Gasteiger partial charge in [0.25, 0.3) is 0 Å². The van der Waals surface area contributed by atoms with Crippen LogP contribution in [0.25, 0.3) is 0 Å². The van der Waals surface area contributed by atoms with Crippen molar-refractivity contribution in [3.05, 3.63) is 35.7 Å². The maximum absolute atomic E-state index is 5.67. The molecule has 16 heavy (non-hydrogen) atoms. The van der Waals surface area contributed by atoms with Crippen LogP contribution >= 0.6 is 0 Å². The normalized spacial score (nSPS) is 10.9. The molecule has 2 N–H and O–H groups in total. The SMILES string of the molecule is CCn1cc(Cn2c(CN)cnc2C)cn1. The van der Waals surface area contributed by atoms with Gasteiger partial charge in [0.05, 0.1) is 18.4 Å². The Morgan fingerprint density at radius 1 is 1.38 bits per heavy atom. The maximum Gasteiger partial charge on any atom is 0.106 e. The van der Waals surface area contributed by atoms with Crippen molar-refractivity contribution in [2.45, 2.75) is 33.5 Å². The number of aromatic nitrogens is 4. The van der Waals surface area contributed by atoms with Gasteiger partial charge in [-0.2, -0.15) is 5.10 Å². The van der Waals surface area contributed by atoms with Gasteiger partial charge < -0.3 is 10.3 Å². The Labute approximate surface area is 94.9 Å². The molecular formula is C11H17N5. The highest BCUT2D eigenvalue weighted by molar-refractivity contribution is 5.11. The fourth-order valence-electron chi connectivity index (χ4n) is 1.74. The van der Waals surface area contributed by atoms with Crippen LogP contribution in [0.1, 0.15) is 24.0 Å². The summed E-state index contributed by atoms with van der Waals surface area (Å²) in [4.78, 5) is 4.27. The molecule has 0 amide bonds. The molecule has 0 unspecified atom stereocenters. The Morgan fingerprint density at radius 3 is 2.81 bits per heavy atom. The van der Waals surface area contributed by atoms with Crippen molar-refractivity contribution in [2.75, 3.05) is 0 Å². The average molecular weight is 219 g/mol. The van der Waals surface area contributed by atoms with Gasteiger partial charge in [0, 0.05) is 31.0 Å². The standard InChI is InChI=1S/C11H17N5/c1-3-15-7-10(5-14-15)8-16-9(2)13-6-11(16)4-12/h5-7H,3-4,8,12H2,1-2H3. The van der Waals surface area contributed by atoms with Gasteiger partial charge in [-0.15, -0.1) is 0 Å². The minimum atomic E-state index is 0.517. The van der Waals surface area contributed by atoms with Crippen molar-refractivity contribution in [3.63, 3.8) is 0 Å². The van der Waals surface area contributed by atoms with Gasteiger partial charge >= 0.3 is 0 Å². The van der Waals surface area contributed by atoms with E-state index in [1.165, 1.54) is 5.56 Å². The van der Waals surface area contributed by atoms with Gasteiger partial charge in [-0.1, -0.05) is 0 Å². The molecule has 5 heteroatoms. The van der Waals surface area contributed by atoms with E-state index in [1.54, 1.807) is 0 Å². The molecule has 0 aliphatic rings. The fourth-order valence-corrected chi connectivity index (χ4v) is 1.74. The predicted octanol–water partition coefficient (Wildman–Crippen LogP) is 0.915. The van der Waals surface area contributed by atoms with E-state index in [0.717, 1.165) is 24.6 Å². The highest BCUT2D eigenvalue weighted by atomic mass is 15.3. The van der Waals surface area contributed by atoms with Crippen LogP contribution in [0.5, 0.6) is 0 Å². The van der Waals surface area contributed by atoms with Gasteiger partial charge in [-0.3, -0.25) is 4.68 Å². The van der Waals surface area contributed by atoms with E-state index in [1.807, 2.05) is 24.0 Å². The highest BCUT2D eigenvalue weighted by Gasteiger charge is 2.06. The maximum atomic E-state index is 5.67. The first-order valence-electron chi connectivity index (χ1n) is 5.47. The Morgan fingerprint density at radius 2 is 2.19 bits per heavy atom. The summed E-state index contributed by atoms with van der Waals surface area (Å²) in [5.41, 5.74) is 7.90. The number of hydrogen-bond acceptors (Lipinski definition) is 3. The number of imidazole rings is 1. The Bertz CT molecular complexity index is 468. The molecule has 0 radical (unpaired) electrons. The number of nitrogens with two attached hydrogens (primary N) is 1. The molecule has 86 valence electrons. The minimum absolute atomic E-state index is 0.517. The number of hydrogen-bond donors (Lipinski definition) is 1. The van der Waals surface area contributed by atoms with Crippen LogP contribution < -0.4 is 5.73 Å². The third kappa shape index (κ3) is 1.99. The molecule has 0 saturated carbocycles. The van der Waals surface area contributed by atoms with Crippen LogP contribution in [0.15, 0.2) is 18.6 Å². The largest absolute Gasteiger partial charge is 0.326 e. The summed E-state index contributed by atoms with van der Waals surface area (Å²) in [5, 5.41) is 4.25. The van der Waals surface area contributed by atoms with Crippen molar-refractivity contribution in [1.29, 1.82) is 0 Å². The van der Waals surface area contributed by atoms with E-state index in [4.69, 9.17) is 5.73 Å². The van der Waals surface area contributed by atoms with Crippen LogP contribution in [0.2, 0.25) is 0 Å². The van der Waals surface area contributed by atoms with Gasteiger partial charge in [0.1, 0.15) is 5.82 Å². The first-order valence-corrected chi connectivity index (χ1v) is 5.47. The lowest BCUT2D eigenvalue weighted by molar-refractivity contribution is 0.657. The van der Waals surface area contributed by atoms with E-state index < -0.39 is 0 Å². The second-order valence-corrected chi connectivity index (χ2v) is 3.79. The van der Waals surface area contributed by atoms with Crippen molar-refractivity contribution in [3.8, 4) is 0 Å². The van der Waals surface area contributed by atoms with Crippen molar-refractivity contribution in [1.82, 2.24) is 19.3 Å². The lowest BCUT2D eigenvalue weighted by atomic mass is 10.3. The smallest absolute Gasteiger partial charge is 0.106 e. The zero-order valence-corrected chi connectivity index (χ0v) is 9.72. The molecule has 0 bridgehead atoms. The lowest BCUT2D eigenvalue weighted by Crippen LogP contribution is -2.09. The summed E-state index contributed by atoms with van der Waals surface area (Å²) in [7, 11) is 0. The van der Waals surface area contributed by atoms with Gasteiger partial charge in [0.15, 0.2) is 0 Å². The number of nitrogens with zero attached hydrogens (tertiary/aromatic N) is 4. The van der Waals surface area contributed by atoms with Gasteiger partial charge in [-0.05, 0) is 13.8 Å². The molecule has 0 saturated heterocycles. The highest BCUT2D eigenvalue weighted by Crippen LogP contribution is 2.08. The summed E-state index contributed by atoms with van der Waals surface area (Å²) in [6, 6.07) is 0. The summed E-state index contributed by atoms with van der Waals surface area (Å²) < 4.78 is 4.04. The molecule has 2 heterocycles. The summed E-state index contributed by atoms with van der Waals surface area (Å²) in [5.74, 6) is 0.990. The van der Waals surface area contributed by atoms with E-state index in [9.17, 15) is 0 Å². The zero-order chi connectivity index (χ0) is 11.5. The molecular weight excluding hydrogens is 202 g/mol. The quantitative estimate of drug-likeness (QED) is 0.831. The molecule has 0 atom stereocenters. The van der Waals surface area contributed by atoms with Crippen LogP contribution in [0.4, 0.5) is 0 Å². The molecule has 0 fully saturated rings. The first-order chi connectivity index (χ1) is 7.74. The zero-order valence-electron chi connectivity index (χ0n) is 9.72. The molecule has 0 aromatic carbocycles. The monoisotopic (exact) mass is 219 g/mol. The van der Waals surface area contributed by atoms with Crippen molar-refractivity contribution in [2.24, 2.45) is 5.73 Å². The van der Waals surface area contributed by atoms with Crippen LogP contribution in [-0.2, 0) is 19.6 Å². The number of aryl methyl sites for hydroxylation is 2. The molecule has 0 aliphatic heterocycles. The molecule has 0 spiro atoms. The van der Waals surface area contributed by atoms with E-state index in [2.05, 4.69) is 27.8 Å². The summed E-state index contributed by atoms with van der Waals surface area (Å²) >= 11 is 0. The van der Waals surface area contributed by atoms with Crippen LogP contribution in [-0.4, -0.2) is 19.3 Å². The van der Waals surface area contributed by atoms with Crippen LogP contribution in [0, 0.1) is 6.92 Å². The van der Waals surface area contributed by atoms with E-state index >= 15 is 0 Å². The first kappa shape index (κ1) is 10.9. The molecule has 0 aliphatic carbocycles. The Balaban J connectivity index is 2.22. The van der Waals surface area contributed by atoms with Gasteiger partial charge in [0.2, 0.25) is 0 Å². The van der Waals surface area contributed by atoms with Gasteiger partial charge in [-0.25, -0.2) is 4.98 Å². The van der Waals surface area contributed by atoms with Crippen molar-refractivity contribution < 1.29 is 0 Å². The second-order valence-electron chi connectivity index (χ2n) is 3.79. The summed E-state index contributed by atoms with van der Waals surface area (Å²) in [6.45, 7) is 6.27. The molecule has 5 nitrogen and oxygen atoms in total. The van der Waals surface area contributed by atoms with Crippen molar-refractivity contribution >= 4 is 0 Å². The third-order valence-electron chi connectivity index (χ3n) is 2.70. The lowest BCUT2D eigenvalue weighted by Gasteiger charge is -2.06. The van der Waals surface area contributed by atoms with Crippen LogP contribution in [0.3, 0.4) is 0 Å². The molecule has 2 aromatic rings. The predicted molar refractivity (Wildman–Crippen MR) is 61.9 cm³/mol. The molecule has 2 aromatic heterocycles. The topological polar surface area (TPSA) is 61.7 Å². The summed E-state index contributed by atoms with van der Waals surface area (Å²) in [6.07, 6.45) is 5.78. The minimum Gasteiger partial charge on any atom is -0.326 e. The second kappa shape index (κ2) is 4.49. The number of rotatable bonds is 4. The third-order valence-corrected chi connectivity index (χ3v) is 2.70. The molecule has 2 rings (SSSR count). The average Bonchev–Trinajstić information content (AvgIpc) is 2.88. The Hall–Kier alpha value is -1.62.